The molecule has 1 unspecified atom stereocenters. The summed E-state index contributed by atoms with van der Waals surface area (Å²) in [6, 6.07) is 13.3. The van der Waals surface area contributed by atoms with E-state index in [4.69, 9.17) is 13.6 Å². The van der Waals surface area contributed by atoms with Gasteiger partial charge in [-0.1, -0.05) is 6.07 Å². The summed E-state index contributed by atoms with van der Waals surface area (Å²) in [6.07, 6.45) is 0. The molecule has 0 fully saturated rings. The largest absolute Gasteiger partial charge is 0.489 e. The van der Waals surface area contributed by atoms with Gasteiger partial charge >= 0.3 is 0 Å². The molecule has 0 saturated carbocycles. The minimum absolute atomic E-state index is 0.0918. The highest BCUT2D eigenvalue weighted by Crippen LogP contribution is 2.28. The predicted molar refractivity (Wildman–Crippen MR) is 102 cm³/mol. The van der Waals surface area contributed by atoms with Gasteiger partial charge in [0.2, 0.25) is 5.91 Å². The van der Waals surface area contributed by atoms with Gasteiger partial charge in [0.1, 0.15) is 29.2 Å². The lowest BCUT2D eigenvalue weighted by Crippen LogP contribution is -2.23. The minimum Gasteiger partial charge on any atom is -0.489 e. The molecule has 4 rings (SSSR count). The molecule has 0 aliphatic rings. The second kappa shape index (κ2) is 6.79. The van der Waals surface area contributed by atoms with Gasteiger partial charge in [0.25, 0.3) is 0 Å². The van der Waals surface area contributed by atoms with E-state index >= 15 is 0 Å². The Balaban J connectivity index is 1.50. The summed E-state index contributed by atoms with van der Waals surface area (Å²) in [5, 5.41) is 3.75. The van der Waals surface area contributed by atoms with Crippen molar-refractivity contribution in [3.05, 3.63) is 59.7 Å². The number of amides is 1. The molecular weight excluding hydrogens is 344 g/mol. The zero-order valence-electron chi connectivity index (χ0n) is 15.4. The van der Waals surface area contributed by atoms with E-state index in [0.717, 1.165) is 33.4 Å². The van der Waals surface area contributed by atoms with E-state index in [-0.39, 0.29) is 11.9 Å². The minimum atomic E-state index is -0.184. The van der Waals surface area contributed by atoms with Gasteiger partial charge in [0.05, 0.1) is 6.04 Å². The number of ether oxygens (including phenoxy) is 1. The van der Waals surface area contributed by atoms with Gasteiger partial charge in [-0.25, -0.2) is 4.98 Å². The van der Waals surface area contributed by atoms with Gasteiger partial charge < -0.3 is 18.9 Å². The Labute approximate surface area is 156 Å². The molecule has 1 amide bonds. The Morgan fingerprint density at radius 2 is 2.00 bits per heavy atom. The number of carbonyl (C=O) groups is 1. The predicted octanol–water partition coefficient (Wildman–Crippen LogP) is 4.66. The molecule has 0 aliphatic carbocycles. The summed E-state index contributed by atoms with van der Waals surface area (Å²) in [5.74, 6) is 2.02. The Bertz CT molecular complexity index is 1130. The number of aryl methyl sites for hydroxylation is 1. The lowest BCUT2D eigenvalue weighted by molar-refractivity contribution is -0.119. The van der Waals surface area contributed by atoms with Crippen LogP contribution >= 0.6 is 0 Å². The van der Waals surface area contributed by atoms with Crippen molar-refractivity contribution in [2.75, 3.05) is 0 Å². The summed E-state index contributed by atoms with van der Waals surface area (Å²) in [6.45, 7) is 5.63. The van der Waals surface area contributed by atoms with Crippen molar-refractivity contribution in [3.63, 3.8) is 0 Å². The van der Waals surface area contributed by atoms with Crippen molar-refractivity contribution in [2.45, 2.75) is 33.4 Å². The van der Waals surface area contributed by atoms with Crippen LogP contribution in [0.5, 0.6) is 5.75 Å². The molecule has 4 aromatic rings. The van der Waals surface area contributed by atoms with Gasteiger partial charge in [-0.15, -0.1) is 0 Å². The van der Waals surface area contributed by atoms with Crippen LogP contribution in [0.4, 0.5) is 0 Å². The molecule has 0 spiro atoms. The van der Waals surface area contributed by atoms with Crippen LogP contribution in [0.3, 0.4) is 0 Å². The maximum Gasteiger partial charge on any atom is 0.217 e. The first-order valence-corrected chi connectivity index (χ1v) is 8.77. The van der Waals surface area contributed by atoms with Crippen molar-refractivity contribution < 1.29 is 18.4 Å². The summed E-state index contributed by atoms with van der Waals surface area (Å²) in [5.41, 5.74) is 3.37. The average Bonchev–Trinajstić information content (AvgIpc) is 3.20. The molecular formula is C21H20N2O4. The number of hydrogen-bond donors (Lipinski definition) is 1. The van der Waals surface area contributed by atoms with Crippen LogP contribution < -0.4 is 10.1 Å². The van der Waals surface area contributed by atoms with E-state index in [0.29, 0.717) is 18.3 Å². The van der Waals surface area contributed by atoms with E-state index in [1.54, 1.807) is 0 Å². The molecule has 6 nitrogen and oxygen atoms in total. The fourth-order valence-corrected chi connectivity index (χ4v) is 3.06. The Morgan fingerprint density at radius 1 is 1.15 bits per heavy atom. The topological polar surface area (TPSA) is 77.5 Å². The average molecular weight is 364 g/mol. The molecule has 0 saturated heterocycles. The van der Waals surface area contributed by atoms with Crippen LogP contribution in [0.15, 0.2) is 51.3 Å². The molecule has 2 aromatic heterocycles. The second-order valence-corrected chi connectivity index (χ2v) is 6.59. The first-order valence-electron chi connectivity index (χ1n) is 8.77. The number of hydrogen-bond acceptors (Lipinski definition) is 5. The van der Waals surface area contributed by atoms with Crippen molar-refractivity contribution in [3.8, 4) is 5.75 Å². The summed E-state index contributed by atoms with van der Waals surface area (Å²) < 4.78 is 17.3. The molecule has 1 N–H and O–H groups in total. The van der Waals surface area contributed by atoms with Crippen molar-refractivity contribution in [2.24, 2.45) is 0 Å². The molecule has 0 bridgehead atoms. The van der Waals surface area contributed by atoms with Crippen LogP contribution in [0.25, 0.3) is 22.1 Å². The fraction of sp³-hybridized carbons (Fsp3) is 0.238. The Hall–Kier alpha value is -3.28. The lowest BCUT2D eigenvalue weighted by Gasteiger charge is -2.08. The van der Waals surface area contributed by atoms with E-state index in [1.165, 1.54) is 6.92 Å². The smallest absolute Gasteiger partial charge is 0.217 e. The van der Waals surface area contributed by atoms with Crippen LogP contribution in [0.2, 0.25) is 0 Å². The number of oxazole rings is 1. The number of carbonyl (C=O) groups excluding carboxylic acids is 1. The zero-order valence-corrected chi connectivity index (χ0v) is 15.4. The summed E-state index contributed by atoms with van der Waals surface area (Å²) >= 11 is 0. The van der Waals surface area contributed by atoms with E-state index < -0.39 is 0 Å². The standard InChI is InChI=1S/C21H20N2O4/c1-12(22-13(2)24)20-10-16-9-17(5-7-19(16)27-20)25-11-15-4-6-18-21(8-15)26-14(3)23-18/h4-10,12H,11H2,1-3H3,(H,22,24). The van der Waals surface area contributed by atoms with Gasteiger partial charge in [0.15, 0.2) is 11.5 Å². The number of benzene rings is 2. The van der Waals surface area contributed by atoms with E-state index in [9.17, 15) is 4.79 Å². The third-order valence-electron chi connectivity index (χ3n) is 4.32. The number of nitrogens with one attached hydrogen (secondary N) is 1. The van der Waals surface area contributed by atoms with Crippen molar-refractivity contribution in [1.29, 1.82) is 0 Å². The maximum absolute atomic E-state index is 11.2. The quantitative estimate of drug-likeness (QED) is 0.557. The highest BCUT2D eigenvalue weighted by atomic mass is 16.5. The monoisotopic (exact) mass is 364 g/mol. The Kier molecular flexibility index (Phi) is 4.32. The SMILES string of the molecule is CC(=O)NC(C)c1cc2cc(OCc3ccc4nc(C)oc4c3)ccc2o1. The van der Waals surface area contributed by atoms with E-state index in [1.807, 2.05) is 56.3 Å². The van der Waals surface area contributed by atoms with Gasteiger partial charge in [-0.2, -0.15) is 0 Å². The lowest BCUT2D eigenvalue weighted by atomic mass is 10.2. The second-order valence-electron chi connectivity index (χ2n) is 6.59. The third kappa shape index (κ3) is 3.65. The van der Waals surface area contributed by atoms with Crippen molar-refractivity contribution in [1.82, 2.24) is 10.3 Å². The maximum atomic E-state index is 11.2. The molecule has 0 radical (unpaired) electrons. The summed E-state index contributed by atoms with van der Waals surface area (Å²) in [7, 11) is 0. The number of furan rings is 1. The third-order valence-corrected chi connectivity index (χ3v) is 4.32. The number of rotatable bonds is 5. The molecule has 6 heteroatoms. The number of nitrogens with zero attached hydrogens (tertiary/aromatic N) is 1. The highest BCUT2D eigenvalue weighted by molar-refractivity contribution is 5.80. The molecule has 1 atom stereocenters. The van der Waals surface area contributed by atoms with Gasteiger partial charge in [-0.05, 0) is 48.9 Å². The Morgan fingerprint density at radius 3 is 2.81 bits per heavy atom. The van der Waals surface area contributed by atoms with E-state index in [2.05, 4.69) is 10.3 Å². The molecule has 27 heavy (non-hydrogen) atoms. The number of aromatic nitrogens is 1. The van der Waals surface area contributed by atoms with Crippen LogP contribution in [0, 0.1) is 6.92 Å². The first-order chi connectivity index (χ1) is 13.0. The molecule has 138 valence electrons. The first kappa shape index (κ1) is 17.1. The van der Waals surface area contributed by atoms with Crippen molar-refractivity contribution >= 4 is 28.0 Å². The van der Waals surface area contributed by atoms with Crippen LogP contribution in [-0.4, -0.2) is 10.9 Å². The molecule has 0 aliphatic heterocycles. The highest BCUT2D eigenvalue weighted by Gasteiger charge is 2.13. The summed E-state index contributed by atoms with van der Waals surface area (Å²) in [4.78, 5) is 15.5. The number of fused-ring (bicyclic) bond motifs is 2. The van der Waals surface area contributed by atoms with Crippen LogP contribution in [-0.2, 0) is 11.4 Å². The van der Waals surface area contributed by atoms with Gasteiger partial charge in [-0.3, -0.25) is 4.79 Å². The zero-order chi connectivity index (χ0) is 19.0. The fourth-order valence-electron chi connectivity index (χ4n) is 3.06. The molecule has 2 aromatic carbocycles. The normalized spacial score (nSPS) is 12.4. The van der Waals surface area contributed by atoms with Crippen LogP contribution in [0.1, 0.15) is 37.1 Å². The molecule has 2 heterocycles. The van der Waals surface area contributed by atoms with Gasteiger partial charge in [0, 0.05) is 19.2 Å².